The normalized spacial score (nSPS) is 12.7. The van der Waals surface area contributed by atoms with Gasteiger partial charge >= 0.3 is 0 Å². The van der Waals surface area contributed by atoms with Crippen LogP contribution in [0.25, 0.3) is 0 Å². The highest BCUT2D eigenvalue weighted by Crippen LogP contribution is 2.43. The van der Waals surface area contributed by atoms with Gasteiger partial charge in [-0.2, -0.15) is 0 Å². The minimum absolute atomic E-state index is 0. The summed E-state index contributed by atoms with van der Waals surface area (Å²) in [5.74, 6) is 0. The molecule has 0 heterocycles. The Morgan fingerprint density at radius 1 is 0.441 bits per heavy atom. The summed E-state index contributed by atoms with van der Waals surface area (Å²) in [6, 6.07) is 0. The quantitative estimate of drug-likeness (QED) is 0.0924. The van der Waals surface area contributed by atoms with Crippen molar-refractivity contribution in [3.05, 3.63) is 0 Å². The molecule has 0 bridgehead atoms. The van der Waals surface area contributed by atoms with Crippen molar-refractivity contribution < 1.29 is 16.9 Å². The van der Waals surface area contributed by atoms with Gasteiger partial charge in [-0.25, -0.2) is 0 Å². The third-order valence-electron chi connectivity index (χ3n) is 9.35. The first-order valence-electron chi connectivity index (χ1n) is 15.5. The summed E-state index contributed by atoms with van der Waals surface area (Å²) < 4.78 is 1.23. The van der Waals surface area contributed by atoms with Gasteiger partial charge in [-0.15, -0.1) is 0 Å². The summed E-state index contributed by atoms with van der Waals surface area (Å²) in [7, 11) is 2.52. The third kappa shape index (κ3) is 14.7. The Labute approximate surface area is 224 Å². The van der Waals surface area contributed by atoms with Crippen LogP contribution < -0.4 is 12.4 Å². The van der Waals surface area contributed by atoms with Crippen molar-refractivity contribution in [1.82, 2.24) is 0 Å². The van der Waals surface area contributed by atoms with Gasteiger partial charge in [-0.1, -0.05) is 144 Å². The van der Waals surface area contributed by atoms with Gasteiger partial charge in [0.25, 0.3) is 0 Å². The molecule has 0 atom stereocenters. The predicted molar refractivity (Wildman–Crippen MR) is 153 cm³/mol. The fourth-order valence-corrected chi connectivity index (χ4v) is 5.99. The Kier molecular flexibility index (Phi) is 22.9. The van der Waals surface area contributed by atoms with Crippen LogP contribution in [-0.2, 0) is 0 Å². The molecule has 208 valence electrons. The fraction of sp³-hybridized carbons (Fsp3) is 1.00. The summed E-state index contributed by atoms with van der Waals surface area (Å²) in [4.78, 5) is 0. The van der Waals surface area contributed by atoms with E-state index in [-0.39, 0.29) is 12.4 Å². The first-order chi connectivity index (χ1) is 15.7. The van der Waals surface area contributed by atoms with E-state index in [4.69, 9.17) is 0 Å². The smallest absolute Gasteiger partial charge is 0.0984 e. The van der Waals surface area contributed by atoms with Gasteiger partial charge in [0, 0.05) is 5.41 Å². The molecule has 0 saturated heterocycles. The molecule has 0 spiro atoms. The third-order valence-corrected chi connectivity index (χ3v) is 9.35. The van der Waals surface area contributed by atoms with Gasteiger partial charge in [-0.3, -0.25) is 0 Å². The summed E-state index contributed by atoms with van der Waals surface area (Å²) >= 11 is 0. The zero-order valence-electron chi connectivity index (χ0n) is 25.4. The number of rotatable bonds is 24. The molecule has 0 rings (SSSR count). The van der Waals surface area contributed by atoms with E-state index < -0.39 is 0 Å². The van der Waals surface area contributed by atoms with Crippen LogP contribution in [0, 0.1) is 5.41 Å². The van der Waals surface area contributed by atoms with E-state index in [0.717, 1.165) is 0 Å². The summed E-state index contributed by atoms with van der Waals surface area (Å²) in [6.07, 6.45) is 28.7. The second kappa shape index (κ2) is 21.3. The zero-order chi connectivity index (χ0) is 25.1. The number of quaternary nitrogens is 1. The molecule has 2 heteroatoms. The Balaban J connectivity index is 0. The first kappa shape index (κ1) is 36.4. The monoisotopic (exact) mass is 502 g/mol. The number of halogens is 1. The Bertz CT molecular complexity index is 423. The van der Waals surface area contributed by atoms with E-state index in [2.05, 4.69) is 55.5 Å². The van der Waals surface area contributed by atoms with Crippen molar-refractivity contribution in [2.45, 2.75) is 182 Å². The van der Waals surface area contributed by atoms with Crippen LogP contribution in [-0.4, -0.2) is 30.2 Å². The van der Waals surface area contributed by atoms with E-state index in [0.29, 0.717) is 11.0 Å². The number of nitrogens with zero attached hydrogens (tertiary/aromatic N) is 1. The SMILES string of the molecule is CCCCCCCCCCCCCCCCCCCC(C)(C)C(C)(C)[N+](C)(CCC)CCC.[Cl-]. The molecule has 0 aliphatic rings. The molecule has 0 N–H and O–H groups in total. The van der Waals surface area contributed by atoms with Crippen molar-refractivity contribution in [2.24, 2.45) is 5.41 Å². The molecule has 0 unspecified atom stereocenters. The fourth-order valence-electron chi connectivity index (χ4n) is 5.99. The number of hydrogen-bond acceptors (Lipinski definition) is 0. The van der Waals surface area contributed by atoms with Crippen molar-refractivity contribution in [3.63, 3.8) is 0 Å². The molecular weight excluding hydrogens is 434 g/mol. The summed E-state index contributed by atoms with van der Waals surface area (Å²) in [5, 5.41) is 0. The molecular formula is C32H68ClN. The van der Waals surface area contributed by atoms with E-state index in [1.165, 1.54) is 146 Å². The molecule has 0 aliphatic heterocycles. The minimum Gasteiger partial charge on any atom is -1.00 e. The lowest BCUT2D eigenvalue weighted by molar-refractivity contribution is -0.963. The maximum Gasteiger partial charge on any atom is 0.0984 e. The van der Waals surface area contributed by atoms with Crippen LogP contribution in [0.2, 0.25) is 0 Å². The standard InChI is InChI=1S/C32H68N.ClH/c1-9-12-13-14-15-16-17-18-19-20-21-22-23-24-25-26-27-28-31(4,5)32(6,7)33(8,29-10-2)30-11-3;/h9-30H2,1-8H3;1H/q+1;/p-1. The molecule has 0 saturated carbocycles. The van der Waals surface area contributed by atoms with Crippen LogP contribution in [0.15, 0.2) is 0 Å². The largest absolute Gasteiger partial charge is 1.00 e. The van der Waals surface area contributed by atoms with Crippen LogP contribution in [0.4, 0.5) is 0 Å². The molecule has 0 aromatic rings. The lowest BCUT2D eigenvalue weighted by Crippen LogP contribution is -3.00. The van der Waals surface area contributed by atoms with E-state index >= 15 is 0 Å². The van der Waals surface area contributed by atoms with Crippen molar-refractivity contribution in [2.75, 3.05) is 20.1 Å². The van der Waals surface area contributed by atoms with Gasteiger partial charge in [0.1, 0.15) is 0 Å². The van der Waals surface area contributed by atoms with E-state index in [1.54, 1.807) is 0 Å². The summed E-state index contributed by atoms with van der Waals surface area (Å²) in [6.45, 7) is 19.8. The number of hydrogen-bond donors (Lipinski definition) is 0. The second-order valence-electron chi connectivity index (χ2n) is 12.7. The average Bonchev–Trinajstić information content (AvgIpc) is 2.76. The Morgan fingerprint density at radius 2 is 0.735 bits per heavy atom. The van der Waals surface area contributed by atoms with Gasteiger partial charge in [0.15, 0.2) is 0 Å². The second-order valence-corrected chi connectivity index (χ2v) is 12.7. The predicted octanol–water partition coefficient (Wildman–Crippen LogP) is 8.10. The van der Waals surface area contributed by atoms with E-state index in [9.17, 15) is 0 Å². The van der Waals surface area contributed by atoms with Crippen LogP contribution >= 0.6 is 0 Å². The zero-order valence-corrected chi connectivity index (χ0v) is 26.1. The lowest BCUT2D eigenvalue weighted by atomic mass is 9.68. The molecule has 0 aromatic heterocycles. The van der Waals surface area contributed by atoms with Crippen molar-refractivity contribution in [1.29, 1.82) is 0 Å². The molecule has 0 aromatic carbocycles. The van der Waals surface area contributed by atoms with E-state index in [1.807, 2.05) is 0 Å². The molecule has 1 nitrogen and oxygen atoms in total. The molecule has 0 radical (unpaired) electrons. The van der Waals surface area contributed by atoms with Crippen LogP contribution in [0.3, 0.4) is 0 Å². The van der Waals surface area contributed by atoms with Gasteiger partial charge in [0.2, 0.25) is 0 Å². The molecule has 34 heavy (non-hydrogen) atoms. The molecule has 0 amide bonds. The van der Waals surface area contributed by atoms with Crippen molar-refractivity contribution >= 4 is 0 Å². The lowest BCUT2D eigenvalue weighted by Gasteiger charge is -2.55. The maximum absolute atomic E-state index is 2.55. The highest BCUT2D eigenvalue weighted by atomic mass is 35.5. The van der Waals surface area contributed by atoms with Gasteiger partial charge < -0.3 is 16.9 Å². The highest BCUT2D eigenvalue weighted by Gasteiger charge is 2.49. The highest BCUT2D eigenvalue weighted by molar-refractivity contribution is 4.88. The maximum atomic E-state index is 2.55. The topological polar surface area (TPSA) is 0 Å². The van der Waals surface area contributed by atoms with Gasteiger partial charge in [-0.05, 0) is 33.1 Å². The average molecular weight is 502 g/mol. The summed E-state index contributed by atoms with van der Waals surface area (Å²) in [5.41, 5.74) is 0.718. The Morgan fingerprint density at radius 3 is 1.03 bits per heavy atom. The van der Waals surface area contributed by atoms with Crippen LogP contribution in [0.5, 0.6) is 0 Å². The van der Waals surface area contributed by atoms with Gasteiger partial charge in [0.05, 0.1) is 25.7 Å². The Hall–Kier alpha value is 0.250. The minimum atomic E-state index is 0. The van der Waals surface area contributed by atoms with Crippen LogP contribution in [0.1, 0.15) is 177 Å². The first-order valence-corrected chi connectivity index (χ1v) is 15.5. The van der Waals surface area contributed by atoms with Crippen molar-refractivity contribution in [3.8, 4) is 0 Å². The molecule has 0 fully saturated rings. The molecule has 0 aliphatic carbocycles. The number of unbranched alkanes of at least 4 members (excludes halogenated alkanes) is 16.